The predicted octanol–water partition coefficient (Wildman–Crippen LogP) is 3.34. The van der Waals surface area contributed by atoms with Crippen molar-refractivity contribution in [1.29, 1.82) is 0 Å². The first-order valence-electron chi connectivity index (χ1n) is 8.62. The molecule has 2 bridgehead atoms. The minimum Gasteiger partial charge on any atom is -0.406 e. The van der Waals surface area contributed by atoms with Gasteiger partial charge in [-0.25, -0.2) is 8.42 Å². The molecule has 2 aliphatic rings. The van der Waals surface area contributed by atoms with E-state index < -0.39 is 22.1 Å². The third-order valence-electron chi connectivity index (χ3n) is 5.17. The molecule has 0 spiro atoms. The van der Waals surface area contributed by atoms with E-state index in [2.05, 4.69) is 9.84 Å². The highest BCUT2D eigenvalue weighted by Crippen LogP contribution is 2.43. The SMILES string of the molecule is O=S(=O)(c1ccc(OC(F)(F)F)cc1)N1C2CCC1CC(n1cccn1)C2. The average molecular weight is 401 g/mol. The van der Waals surface area contributed by atoms with Gasteiger partial charge in [0, 0.05) is 24.5 Å². The van der Waals surface area contributed by atoms with Crippen LogP contribution in [0.25, 0.3) is 0 Å². The fourth-order valence-corrected chi connectivity index (χ4v) is 6.04. The third kappa shape index (κ3) is 3.55. The minimum atomic E-state index is -4.81. The van der Waals surface area contributed by atoms with Crippen LogP contribution >= 0.6 is 0 Å². The van der Waals surface area contributed by atoms with Gasteiger partial charge in [-0.2, -0.15) is 9.40 Å². The van der Waals surface area contributed by atoms with E-state index in [1.54, 1.807) is 6.20 Å². The van der Waals surface area contributed by atoms with Crippen molar-refractivity contribution < 1.29 is 26.3 Å². The van der Waals surface area contributed by atoms with Crippen LogP contribution in [0.3, 0.4) is 0 Å². The Hall–Kier alpha value is -2.07. The van der Waals surface area contributed by atoms with Crippen molar-refractivity contribution >= 4 is 10.0 Å². The molecule has 6 nitrogen and oxygen atoms in total. The van der Waals surface area contributed by atoms with E-state index in [4.69, 9.17) is 0 Å². The second-order valence-electron chi connectivity index (χ2n) is 6.85. The maximum atomic E-state index is 13.1. The average Bonchev–Trinajstić information content (AvgIpc) is 3.21. The van der Waals surface area contributed by atoms with Crippen molar-refractivity contribution in [2.24, 2.45) is 0 Å². The van der Waals surface area contributed by atoms with E-state index in [1.165, 1.54) is 4.31 Å². The van der Waals surface area contributed by atoms with Crippen molar-refractivity contribution in [2.45, 2.75) is 55.1 Å². The molecular formula is C17H18F3N3O3S. The van der Waals surface area contributed by atoms with Crippen LogP contribution < -0.4 is 4.74 Å². The summed E-state index contributed by atoms with van der Waals surface area (Å²) in [7, 11) is -3.78. The van der Waals surface area contributed by atoms with E-state index in [1.807, 2.05) is 16.9 Å². The number of piperidine rings is 1. The summed E-state index contributed by atoms with van der Waals surface area (Å²) in [6, 6.07) is 6.12. The number of aromatic nitrogens is 2. The third-order valence-corrected chi connectivity index (χ3v) is 7.19. The van der Waals surface area contributed by atoms with Crippen LogP contribution in [0.15, 0.2) is 47.6 Å². The lowest BCUT2D eigenvalue weighted by atomic mass is 10.00. The van der Waals surface area contributed by atoms with Crippen LogP contribution in [0.1, 0.15) is 31.7 Å². The van der Waals surface area contributed by atoms with Gasteiger partial charge < -0.3 is 4.74 Å². The first kappa shape index (κ1) is 18.3. The quantitative estimate of drug-likeness (QED) is 0.788. The van der Waals surface area contributed by atoms with Crippen LogP contribution in [0, 0.1) is 0 Å². The van der Waals surface area contributed by atoms with Crippen LogP contribution in [0.2, 0.25) is 0 Å². The number of fused-ring (bicyclic) bond motifs is 2. The van der Waals surface area contributed by atoms with Crippen LogP contribution in [-0.2, 0) is 10.0 Å². The highest BCUT2D eigenvalue weighted by Gasteiger charge is 2.47. The Kier molecular flexibility index (Phi) is 4.42. The standard InChI is InChI=1S/C17H18F3N3O3S/c18-17(19,20)26-15-4-6-16(7-5-15)27(24,25)23-12-2-3-13(23)11-14(10-12)22-9-1-8-21-22/h1,4-9,12-14H,2-3,10-11H2. The molecule has 2 unspecified atom stereocenters. The summed E-state index contributed by atoms with van der Waals surface area (Å²) in [5.41, 5.74) is 0. The zero-order valence-corrected chi connectivity index (χ0v) is 15.0. The summed E-state index contributed by atoms with van der Waals surface area (Å²) in [5.74, 6) is -0.443. The highest BCUT2D eigenvalue weighted by atomic mass is 32.2. The monoisotopic (exact) mass is 401 g/mol. The Balaban J connectivity index is 1.54. The number of nitrogens with zero attached hydrogens (tertiary/aromatic N) is 3. The normalized spacial score (nSPS) is 26.3. The van der Waals surface area contributed by atoms with Crippen molar-refractivity contribution in [3.63, 3.8) is 0 Å². The van der Waals surface area contributed by atoms with Gasteiger partial charge in [0.05, 0.1) is 10.9 Å². The number of rotatable bonds is 4. The van der Waals surface area contributed by atoms with Gasteiger partial charge in [-0.15, -0.1) is 13.2 Å². The van der Waals surface area contributed by atoms with Gasteiger partial charge in [-0.1, -0.05) is 0 Å². The van der Waals surface area contributed by atoms with Gasteiger partial charge in [0.2, 0.25) is 10.0 Å². The Labute approximate surface area is 154 Å². The second kappa shape index (κ2) is 6.52. The molecule has 0 aliphatic carbocycles. The molecule has 2 fully saturated rings. The molecule has 0 amide bonds. The molecule has 1 aromatic carbocycles. The van der Waals surface area contributed by atoms with E-state index in [-0.39, 0.29) is 23.0 Å². The molecule has 2 atom stereocenters. The summed E-state index contributed by atoms with van der Waals surface area (Å²) in [4.78, 5) is -0.0218. The van der Waals surface area contributed by atoms with Crippen LogP contribution in [0.5, 0.6) is 5.75 Å². The first-order valence-corrected chi connectivity index (χ1v) is 10.1. The summed E-state index contributed by atoms with van der Waals surface area (Å²) in [5, 5.41) is 4.26. The molecule has 0 saturated carbocycles. The highest BCUT2D eigenvalue weighted by molar-refractivity contribution is 7.89. The number of hydrogen-bond acceptors (Lipinski definition) is 4. The number of alkyl halides is 3. The molecule has 0 radical (unpaired) electrons. The predicted molar refractivity (Wildman–Crippen MR) is 89.5 cm³/mol. The molecule has 2 aromatic rings. The van der Waals surface area contributed by atoms with E-state index in [0.717, 1.165) is 37.1 Å². The zero-order valence-electron chi connectivity index (χ0n) is 14.2. The van der Waals surface area contributed by atoms with Crippen LogP contribution in [0.4, 0.5) is 13.2 Å². The largest absolute Gasteiger partial charge is 0.573 e. The van der Waals surface area contributed by atoms with E-state index in [9.17, 15) is 21.6 Å². The topological polar surface area (TPSA) is 64.4 Å². The van der Waals surface area contributed by atoms with Gasteiger partial charge >= 0.3 is 6.36 Å². The Morgan fingerprint density at radius 2 is 1.67 bits per heavy atom. The fraction of sp³-hybridized carbons (Fsp3) is 0.471. The van der Waals surface area contributed by atoms with E-state index >= 15 is 0 Å². The lowest BCUT2D eigenvalue weighted by molar-refractivity contribution is -0.274. The number of benzene rings is 1. The maximum absolute atomic E-state index is 13.1. The molecule has 2 aliphatic heterocycles. The molecule has 146 valence electrons. The molecule has 1 aromatic heterocycles. The van der Waals surface area contributed by atoms with Gasteiger partial charge in [0.25, 0.3) is 0 Å². The molecule has 10 heteroatoms. The molecule has 2 saturated heterocycles. The molecule has 0 N–H and O–H groups in total. The van der Waals surface area contributed by atoms with Crippen LogP contribution in [-0.4, -0.2) is 40.9 Å². The Morgan fingerprint density at radius 1 is 1.04 bits per heavy atom. The number of sulfonamides is 1. The molecule has 27 heavy (non-hydrogen) atoms. The smallest absolute Gasteiger partial charge is 0.406 e. The zero-order chi connectivity index (χ0) is 19.2. The fourth-order valence-electron chi connectivity index (χ4n) is 4.15. The summed E-state index contributed by atoms with van der Waals surface area (Å²) < 4.78 is 70.2. The Morgan fingerprint density at radius 3 is 2.19 bits per heavy atom. The number of halogens is 3. The maximum Gasteiger partial charge on any atom is 0.573 e. The summed E-state index contributed by atoms with van der Waals surface area (Å²) in [6.07, 6.45) is 1.67. The van der Waals surface area contributed by atoms with Gasteiger partial charge in [0.15, 0.2) is 0 Å². The Bertz CT molecular complexity index is 884. The van der Waals surface area contributed by atoms with Gasteiger partial charge in [-0.05, 0) is 56.0 Å². The van der Waals surface area contributed by atoms with Gasteiger partial charge in [-0.3, -0.25) is 4.68 Å². The number of hydrogen-bond donors (Lipinski definition) is 0. The lowest BCUT2D eigenvalue weighted by Crippen LogP contribution is -2.46. The molecule has 3 heterocycles. The second-order valence-corrected chi connectivity index (χ2v) is 8.69. The van der Waals surface area contributed by atoms with E-state index in [0.29, 0.717) is 12.8 Å². The molecular weight excluding hydrogens is 383 g/mol. The lowest BCUT2D eigenvalue weighted by Gasteiger charge is -2.37. The molecule has 4 rings (SSSR count). The summed E-state index contributed by atoms with van der Waals surface area (Å²) in [6.45, 7) is 0. The van der Waals surface area contributed by atoms with Crippen molar-refractivity contribution in [3.8, 4) is 5.75 Å². The van der Waals surface area contributed by atoms with Crippen molar-refractivity contribution in [1.82, 2.24) is 14.1 Å². The number of ether oxygens (including phenoxy) is 1. The van der Waals surface area contributed by atoms with Gasteiger partial charge in [0.1, 0.15) is 5.75 Å². The summed E-state index contributed by atoms with van der Waals surface area (Å²) >= 11 is 0. The van der Waals surface area contributed by atoms with Crippen molar-refractivity contribution in [3.05, 3.63) is 42.7 Å². The van der Waals surface area contributed by atoms with Crippen molar-refractivity contribution in [2.75, 3.05) is 0 Å². The minimum absolute atomic E-state index is 0.0218. The first-order chi connectivity index (χ1) is 12.7.